The number of benzene rings is 1. The number of carbonyl (C=O) groups is 1. The molecule has 0 saturated heterocycles. The molecule has 0 bridgehead atoms. The molecular formula is C13H17FO4. The zero-order valence-corrected chi connectivity index (χ0v) is 10.7. The zero-order chi connectivity index (χ0) is 13.7. The molecule has 1 aromatic rings. The van der Waals surface area contributed by atoms with Gasteiger partial charge < -0.3 is 14.6 Å². The lowest BCUT2D eigenvalue weighted by Gasteiger charge is -2.15. The molecule has 1 rings (SSSR count). The molecule has 0 radical (unpaired) electrons. The summed E-state index contributed by atoms with van der Waals surface area (Å²) in [6, 6.07) is 2.06. The van der Waals surface area contributed by atoms with Gasteiger partial charge >= 0.3 is 5.97 Å². The van der Waals surface area contributed by atoms with Crippen molar-refractivity contribution in [2.75, 3.05) is 13.2 Å². The Morgan fingerprint density at radius 1 is 1.39 bits per heavy atom. The number of rotatable bonds is 6. The van der Waals surface area contributed by atoms with Gasteiger partial charge in [-0.1, -0.05) is 13.8 Å². The van der Waals surface area contributed by atoms with Gasteiger partial charge in [0.2, 0.25) is 0 Å². The molecule has 0 fully saturated rings. The van der Waals surface area contributed by atoms with Crippen LogP contribution in [0, 0.1) is 11.7 Å². The quantitative estimate of drug-likeness (QED) is 0.850. The summed E-state index contributed by atoms with van der Waals surface area (Å²) in [4.78, 5) is 11.0. The van der Waals surface area contributed by atoms with Crippen molar-refractivity contribution in [1.82, 2.24) is 0 Å². The summed E-state index contributed by atoms with van der Waals surface area (Å²) in [6.07, 6.45) is 0. The molecule has 0 aromatic heterocycles. The fraction of sp³-hybridized carbons (Fsp3) is 0.462. The lowest BCUT2D eigenvalue weighted by atomic mass is 10.1. The molecular weight excluding hydrogens is 239 g/mol. The number of ether oxygens (including phenoxy) is 2. The Morgan fingerprint density at radius 2 is 2.06 bits per heavy atom. The van der Waals surface area contributed by atoms with E-state index in [4.69, 9.17) is 14.6 Å². The maximum absolute atomic E-state index is 13.3. The van der Waals surface area contributed by atoms with Crippen LogP contribution in [0.3, 0.4) is 0 Å². The largest absolute Gasteiger partial charge is 0.489 e. The highest BCUT2D eigenvalue weighted by Gasteiger charge is 2.19. The number of carboxylic acids is 1. The first-order valence-electron chi connectivity index (χ1n) is 5.78. The van der Waals surface area contributed by atoms with Gasteiger partial charge in [0.1, 0.15) is 11.4 Å². The van der Waals surface area contributed by atoms with Crippen LogP contribution in [-0.4, -0.2) is 24.3 Å². The third kappa shape index (κ3) is 3.61. The van der Waals surface area contributed by atoms with Gasteiger partial charge in [-0.05, 0) is 18.9 Å². The van der Waals surface area contributed by atoms with Crippen molar-refractivity contribution in [1.29, 1.82) is 0 Å². The van der Waals surface area contributed by atoms with Crippen LogP contribution < -0.4 is 9.47 Å². The van der Waals surface area contributed by atoms with E-state index in [2.05, 4.69) is 0 Å². The molecule has 18 heavy (non-hydrogen) atoms. The van der Waals surface area contributed by atoms with E-state index in [9.17, 15) is 9.18 Å². The molecule has 0 aliphatic rings. The van der Waals surface area contributed by atoms with Crippen LogP contribution in [0.1, 0.15) is 31.1 Å². The third-order valence-corrected chi connectivity index (χ3v) is 2.11. The maximum atomic E-state index is 13.3. The monoisotopic (exact) mass is 256 g/mol. The highest BCUT2D eigenvalue weighted by atomic mass is 19.1. The molecule has 0 amide bonds. The van der Waals surface area contributed by atoms with Gasteiger partial charge in [-0.25, -0.2) is 9.18 Å². The second-order valence-electron chi connectivity index (χ2n) is 4.22. The van der Waals surface area contributed by atoms with Crippen LogP contribution in [0.4, 0.5) is 4.39 Å². The SMILES string of the molecule is CCOc1c(OCC(C)C)cc(F)cc1C(=O)O. The number of hydrogen-bond donors (Lipinski definition) is 1. The molecule has 4 nitrogen and oxygen atoms in total. The molecule has 5 heteroatoms. The first-order valence-corrected chi connectivity index (χ1v) is 5.78. The highest BCUT2D eigenvalue weighted by Crippen LogP contribution is 2.33. The second-order valence-corrected chi connectivity index (χ2v) is 4.22. The highest BCUT2D eigenvalue weighted by molar-refractivity contribution is 5.92. The first kappa shape index (κ1) is 14.3. The molecule has 0 unspecified atom stereocenters. The van der Waals surface area contributed by atoms with Gasteiger partial charge in [-0.15, -0.1) is 0 Å². The molecule has 0 aliphatic heterocycles. The van der Waals surface area contributed by atoms with E-state index in [1.807, 2.05) is 13.8 Å². The van der Waals surface area contributed by atoms with Gasteiger partial charge in [0, 0.05) is 6.07 Å². The molecule has 0 aliphatic carbocycles. The van der Waals surface area contributed by atoms with E-state index in [0.29, 0.717) is 6.61 Å². The summed E-state index contributed by atoms with van der Waals surface area (Å²) >= 11 is 0. The normalized spacial score (nSPS) is 10.5. The van der Waals surface area contributed by atoms with Gasteiger partial charge in [0.15, 0.2) is 11.5 Å². The Bertz CT molecular complexity index is 429. The maximum Gasteiger partial charge on any atom is 0.339 e. The van der Waals surface area contributed by atoms with Gasteiger partial charge in [-0.3, -0.25) is 0 Å². The fourth-order valence-electron chi connectivity index (χ4n) is 1.38. The Morgan fingerprint density at radius 3 is 2.56 bits per heavy atom. The number of aromatic carboxylic acids is 1. The van der Waals surface area contributed by atoms with Crippen molar-refractivity contribution >= 4 is 5.97 Å². The molecule has 100 valence electrons. The predicted molar refractivity (Wildman–Crippen MR) is 64.9 cm³/mol. The van der Waals surface area contributed by atoms with Crippen LogP contribution in [0.25, 0.3) is 0 Å². The van der Waals surface area contributed by atoms with Crippen LogP contribution in [0.5, 0.6) is 11.5 Å². The average molecular weight is 256 g/mol. The van der Waals surface area contributed by atoms with Crippen molar-refractivity contribution in [3.63, 3.8) is 0 Å². The van der Waals surface area contributed by atoms with E-state index in [0.717, 1.165) is 12.1 Å². The number of carboxylic acid groups (broad SMARTS) is 1. The lowest BCUT2D eigenvalue weighted by Crippen LogP contribution is -2.10. The lowest BCUT2D eigenvalue weighted by molar-refractivity contribution is 0.0690. The van der Waals surface area contributed by atoms with E-state index in [1.54, 1.807) is 6.92 Å². The van der Waals surface area contributed by atoms with Crippen molar-refractivity contribution in [2.24, 2.45) is 5.92 Å². The van der Waals surface area contributed by atoms with Crippen molar-refractivity contribution < 1.29 is 23.8 Å². The minimum atomic E-state index is -1.24. The molecule has 0 saturated carbocycles. The standard InChI is InChI=1S/C13H17FO4/c1-4-17-12-10(13(15)16)5-9(14)6-11(12)18-7-8(2)3/h5-6,8H,4,7H2,1-3H3,(H,15,16). The molecule has 0 spiro atoms. The van der Waals surface area contributed by atoms with Crippen LogP contribution >= 0.6 is 0 Å². The van der Waals surface area contributed by atoms with Crippen molar-refractivity contribution in [3.8, 4) is 11.5 Å². The topological polar surface area (TPSA) is 55.8 Å². The summed E-state index contributed by atoms with van der Waals surface area (Å²) in [6.45, 7) is 6.25. The van der Waals surface area contributed by atoms with Crippen LogP contribution in [0.15, 0.2) is 12.1 Å². The molecule has 0 atom stereocenters. The van der Waals surface area contributed by atoms with Crippen LogP contribution in [0.2, 0.25) is 0 Å². The van der Waals surface area contributed by atoms with Gasteiger partial charge in [0.25, 0.3) is 0 Å². The smallest absolute Gasteiger partial charge is 0.339 e. The Kier molecular flexibility index (Phi) is 4.95. The van der Waals surface area contributed by atoms with E-state index >= 15 is 0 Å². The van der Waals surface area contributed by atoms with E-state index in [1.165, 1.54) is 0 Å². The molecule has 0 heterocycles. The van der Waals surface area contributed by atoms with Crippen LogP contribution in [-0.2, 0) is 0 Å². The summed E-state index contributed by atoms with van der Waals surface area (Å²) in [5, 5.41) is 9.02. The van der Waals surface area contributed by atoms with Crippen molar-refractivity contribution in [2.45, 2.75) is 20.8 Å². The van der Waals surface area contributed by atoms with Gasteiger partial charge in [-0.2, -0.15) is 0 Å². The Labute approximate surface area is 105 Å². The van der Waals surface area contributed by atoms with E-state index < -0.39 is 11.8 Å². The van der Waals surface area contributed by atoms with Gasteiger partial charge in [0.05, 0.1) is 13.2 Å². The van der Waals surface area contributed by atoms with Crippen molar-refractivity contribution in [3.05, 3.63) is 23.5 Å². The van der Waals surface area contributed by atoms with E-state index in [-0.39, 0.29) is 29.6 Å². The second kappa shape index (κ2) is 6.23. The fourth-order valence-corrected chi connectivity index (χ4v) is 1.38. The third-order valence-electron chi connectivity index (χ3n) is 2.11. The summed E-state index contributed by atoms with van der Waals surface area (Å²) in [5.74, 6) is -1.45. The predicted octanol–water partition coefficient (Wildman–Crippen LogP) is 2.96. The Balaban J connectivity index is 3.16. The minimum absolute atomic E-state index is 0.0760. The average Bonchev–Trinajstić information content (AvgIpc) is 2.28. The molecule has 1 aromatic carbocycles. The minimum Gasteiger partial charge on any atom is -0.489 e. The zero-order valence-electron chi connectivity index (χ0n) is 10.7. The first-order chi connectivity index (χ1) is 8.45. The Hall–Kier alpha value is -1.78. The summed E-state index contributed by atoms with van der Waals surface area (Å²) < 4.78 is 24.0. The summed E-state index contributed by atoms with van der Waals surface area (Å²) in [7, 11) is 0. The summed E-state index contributed by atoms with van der Waals surface area (Å²) in [5.41, 5.74) is -0.226. The molecule has 1 N–H and O–H groups in total. The number of hydrogen-bond acceptors (Lipinski definition) is 3. The number of halogens is 1.